The van der Waals surface area contributed by atoms with Crippen LogP contribution in [0.3, 0.4) is 0 Å². The predicted octanol–water partition coefficient (Wildman–Crippen LogP) is 1.01. The van der Waals surface area contributed by atoms with Gasteiger partial charge in [-0.25, -0.2) is 0 Å². The number of nitrogens with zero attached hydrogens (tertiary/aromatic N) is 2. The van der Waals surface area contributed by atoms with Gasteiger partial charge in [0.05, 0.1) is 11.9 Å². The SMILES string of the molecule is CCn1ncc(N)c1C(=O)NCC(C)(C)CCCO. The summed E-state index contributed by atoms with van der Waals surface area (Å²) in [6.07, 6.45) is 3.08. The Bertz CT molecular complexity index is 426. The first-order chi connectivity index (χ1) is 8.91. The maximum atomic E-state index is 12.1. The smallest absolute Gasteiger partial charge is 0.271 e. The zero-order valence-corrected chi connectivity index (χ0v) is 11.9. The lowest BCUT2D eigenvalue weighted by Crippen LogP contribution is -2.35. The largest absolute Gasteiger partial charge is 0.396 e. The third kappa shape index (κ3) is 4.24. The number of aliphatic hydroxyl groups excluding tert-OH is 1. The number of aromatic nitrogens is 2. The lowest BCUT2D eigenvalue weighted by atomic mass is 9.88. The fourth-order valence-electron chi connectivity index (χ4n) is 1.94. The van der Waals surface area contributed by atoms with Crippen LogP contribution < -0.4 is 11.1 Å². The van der Waals surface area contributed by atoms with Crippen LogP contribution in [0.2, 0.25) is 0 Å². The van der Waals surface area contributed by atoms with E-state index in [1.165, 1.54) is 6.20 Å². The third-order valence-corrected chi connectivity index (χ3v) is 3.12. The van der Waals surface area contributed by atoms with Crippen LogP contribution in [0.1, 0.15) is 44.1 Å². The molecule has 0 bridgehead atoms. The number of anilines is 1. The second-order valence-corrected chi connectivity index (χ2v) is 5.44. The van der Waals surface area contributed by atoms with Crippen molar-refractivity contribution in [3.63, 3.8) is 0 Å². The summed E-state index contributed by atoms with van der Waals surface area (Å²) >= 11 is 0. The lowest BCUT2D eigenvalue weighted by Gasteiger charge is -2.24. The van der Waals surface area contributed by atoms with Gasteiger partial charge >= 0.3 is 0 Å². The molecule has 1 amide bonds. The van der Waals surface area contributed by atoms with Crippen molar-refractivity contribution in [2.45, 2.75) is 40.2 Å². The van der Waals surface area contributed by atoms with Gasteiger partial charge in [-0.15, -0.1) is 0 Å². The number of hydrogen-bond acceptors (Lipinski definition) is 4. The Balaban J connectivity index is 2.62. The first-order valence-electron chi connectivity index (χ1n) is 6.61. The summed E-state index contributed by atoms with van der Waals surface area (Å²) in [6.45, 7) is 7.35. The molecule has 1 aromatic heterocycles. The first kappa shape index (κ1) is 15.5. The molecule has 1 heterocycles. The third-order valence-electron chi connectivity index (χ3n) is 3.12. The van der Waals surface area contributed by atoms with Crippen molar-refractivity contribution >= 4 is 11.6 Å². The Hall–Kier alpha value is -1.56. The van der Waals surface area contributed by atoms with E-state index in [1.807, 2.05) is 6.92 Å². The second-order valence-electron chi connectivity index (χ2n) is 5.44. The average molecular weight is 268 g/mol. The number of rotatable bonds is 7. The fraction of sp³-hybridized carbons (Fsp3) is 0.692. The standard InChI is InChI=1S/C13H24N4O2/c1-4-17-11(10(14)8-16-17)12(19)15-9-13(2,3)6-5-7-18/h8,18H,4-7,9,14H2,1-3H3,(H,15,19). The summed E-state index contributed by atoms with van der Waals surface area (Å²) in [5.41, 5.74) is 6.52. The topological polar surface area (TPSA) is 93.2 Å². The van der Waals surface area contributed by atoms with Gasteiger partial charge in [0, 0.05) is 19.7 Å². The van der Waals surface area contributed by atoms with Gasteiger partial charge in [-0.05, 0) is 25.2 Å². The molecule has 19 heavy (non-hydrogen) atoms. The minimum absolute atomic E-state index is 0.0514. The molecule has 1 rings (SSSR count). The van der Waals surface area contributed by atoms with Gasteiger partial charge in [0.15, 0.2) is 0 Å². The molecule has 4 N–H and O–H groups in total. The molecule has 0 aromatic carbocycles. The zero-order chi connectivity index (χ0) is 14.5. The number of hydrogen-bond donors (Lipinski definition) is 3. The van der Waals surface area contributed by atoms with E-state index in [9.17, 15) is 4.79 Å². The van der Waals surface area contributed by atoms with Crippen LogP contribution in [0.4, 0.5) is 5.69 Å². The molecule has 0 saturated carbocycles. The molecule has 0 radical (unpaired) electrons. The molecule has 0 saturated heterocycles. The summed E-state index contributed by atoms with van der Waals surface area (Å²) < 4.78 is 1.59. The van der Waals surface area contributed by atoms with Crippen LogP contribution in [-0.4, -0.2) is 33.9 Å². The van der Waals surface area contributed by atoms with Crippen LogP contribution in [-0.2, 0) is 6.54 Å². The highest BCUT2D eigenvalue weighted by molar-refractivity contribution is 5.97. The molecule has 0 spiro atoms. The van der Waals surface area contributed by atoms with Crippen molar-refractivity contribution in [1.82, 2.24) is 15.1 Å². The summed E-state index contributed by atoms with van der Waals surface area (Å²) in [5, 5.41) is 15.8. The summed E-state index contributed by atoms with van der Waals surface area (Å²) in [7, 11) is 0. The summed E-state index contributed by atoms with van der Waals surface area (Å²) in [4.78, 5) is 12.1. The molecule has 0 unspecified atom stereocenters. The molecular weight excluding hydrogens is 244 g/mol. The van der Waals surface area contributed by atoms with Crippen LogP contribution in [0.25, 0.3) is 0 Å². The quantitative estimate of drug-likeness (QED) is 0.688. The van der Waals surface area contributed by atoms with Crippen molar-refractivity contribution in [2.75, 3.05) is 18.9 Å². The number of nitrogens with two attached hydrogens (primary N) is 1. The minimum atomic E-state index is -0.200. The molecular formula is C13H24N4O2. The van der Waals surface area contributed by atoms with Crippen molar-refractivity contribution in [2.24, 2.45) is 5.41 Å². The number of carbonyl (C=O) groups is 1. The first-order valence-corrected chi connectivity index (χ1v) is 6.61. The Morgan fingerprint density at radius 1 is 1.58 bits per heavy atom. The van der Waals surface area contributed by atoms with E-state index in [0.29, 0.717) is 24.5 Å². The number of carbonyl (C=O) groups excluding carboxylic acids is 1. The van der Waals surface area contributed by atoms with Gasteiger partial charge in [0.25, 0.3) is 5.91 Å². The number of nitrogens with one attached hydrogen (secondary N) is 1. The molecule has 0 aliphatic carbocycles. The van der Waals surface area contributed by atoms with E-state index in [1.54, 1.807) is 4.68 Å². The molecule has 0 fully saturated rings. The van der Waals surface area contributed by atoms with Crippen molar-refractivity contribution in [3.8, 4) is 0 Å². The Labute approximate surface area is 114 Å². The highest BCUT2D eigenvalue weighted by atomic mass is 16.2. The van der Waals surface area contributed by atoms with Crippen LogP contribution in [0.15, 0.2) is 6.20 Å². The molecule has 6 nitrogen and oxygen atoms in total. The minimum Gasteiger partial charge on any atom is -0.396 e. The fourth-order valence-corrected chi connectivity index (χ4v) is 1.94. The molecule has 0 aliphatic heterocycles. The number of amides is 1. The number of nitrogen functional groups attached to an aromatic ring is 1. The van der Waals surface area contributed by atoms with Crippen LogP contribution >= 0.6 is 0 Å². The molecule has 1 aromatic rings. The van der Waals surface area contributed by atoms with E-state index in [0.717, 1.165) is 12.8 Å². The van der Waals surface area contributed by atoms with E-state index >= 15 is 0 Å². The number of aryl methyl sites for hydroxylation is 1. The average Bonchev–Trinajstić information content (AvgIpc) is 2.75. The van der Waals surface area contributed by atoms with E-state index in [2.05, 4.69) is 24.3 Å². The molecule has 6 heteroatoms. The van der Waals surface area contributed by atoms with Gasteiger partial charge < -0.3 is 16.2 Å². The van der Waals surface area contributed by atoms with Gasteiger partial charge in [-0.2, -0.15) is 5.10 Å². The van der Waals surface area contributed by atoms with Crippen molar-refractivity contribution in [3.05, 3.63) is 11.9 Å². The van der Waals surface area contributed by atoms with E-state index < -0.39 is 0 Å². The molecule has 108 valence electrons. The lowest BCUT2D eigenvalue weighted by molar-refractivity contribution is 0.0923. The zero-order valence-electron chi connectivity index (χ0n) is 11.9. The Kier molecular flexibility index (Phi) is 5.35. The summed E-state index contributed by atoms with van der Waals surface area (Å²) in [6, 6.07) is 0. The van der Waals surface area contributed by atoms with E-state index in [-0.39, 0.29) is 17.9 Å². The maximum absolute atomic E-state index is 12.1. The molecule has 0 aliphatic rings. The predicted molar refractivity (Wildman–Crippen MR) is 74.7 cm³/mol. The van der Waals surface area contributed by atoms with Gasteiger partial charge in [-0.3, -0.25) is 9.48 Å². The Morgan fingerprint density at radius 2 is 2.26 bits per heavy atom. The van der Waals surface area contributed by atoms with Crippen molar-refractivity contribution in [1.29, 1.82) is 0 Å². The Morgan fingerprint density at radius 3 is 2.84 bits per heavy atom. The van der Waals surface area contributed by atoms with Crippen LogP contribution in [0, 0.1) is 5.41 Å². The normalized spacial score (nSPS) is 11.6. The highest BCUT2D eigenvalue weighted by Gasteiger charge is 2.21. The van der Waals surface area contributed by atoms with Crippen LogP contribution in [0.5, 0.6) is 0 Å². The van der Waals surface area contributed by atoms with Crippen molar-refractivity contribution < 1.29 is 9.90 Å². The van der Waals surface area contributed by atoms with Gasteiger partial charge in [-0.1, -0.05) is 13.8 Å². The monoisotopic (exact) mass is 268 g/mol. The molecule has 0 atom stereocenters. The van der Waals surface area contributed by atoms with E-state index in [4.69, 9.17) is 10.8 Å². The second kappa shape index (κ2) is 6.56. The highest BCUT2D eigenvalue weighted by Crippen LogP contribution is 2.21. The maximum Gasteiger partial charge on any atom is 0.271 e. The van der Waals surface area contributed by atoms with Gasteiger partial charge in [0.1, 0.15) is 5.69 Å². The van der Waals surface area contributed by atoms with Gasteiger partial charge in [0.2, 0.25) is 0 Å². The summed E-state index contributed by atoms with van der Waals surface area (Å²) in [5.74, 6) is -0.200. The number of aliphatic hydroxyl groups is 1.